The molecular formula is C17H15NO2. The number of benzene rings is 2. The first-order chi connectivity index (χ1) is 9.83. The van der Waals surface area contributed by atoms with E-state index in [1.165, 1.54) is 6.08 Å². The Morgan fingerprint density at radius 2 is 1.70 bits per heavy atom. The summed E-state index contributed by atoms with van der Waals surface area (Å²) in [6.07, 6.45) is 1.48. The molecule has 0 amide bonds. The third-order valence-electron chi connectivity index (χ3n) is 3.22. The molecule has 0 saturated carbocycles. The predicted octanol–water partition coefficient (Wildman–Crippen LogP) is 3.07. The van der Waals surface area contributed by atoms with Crippen molar-refractivity contribution in [2.45, 2.75) is 6.10 Å². The van der Waals surface area contributed by atoms with Crippen LogP contribution in [0.15, 0.2) is 72.6 Å². The number of carbonyl (C=O) groups excluding carboxylic acids is 1. The lowest BCUT2D eigenvalue weighted by molar-refractivity contribution is 0.103. The summed E-state index contributed by atoms with van der Waals surface area (Å²) < 4.78 is 5.77. The Hall–Kier alpha value is -2.55. The van der Waals surface area contributed by atoms with E-state index in [-0.39, 0.29) is 11.9 Å². The average molecular weight is 265 g/mol. The van der Waals surface area contributed by atoms with E-state index in [1.807, 2.05) is 48.5 Å². The maximum absolute atomic E-state index is 12.0. The molecule has 0 radical (unpaired) electrons. The van der Waals surface area contributed by atoms with Crippen LogP contribution in [0.3, 0.4) is 0 Å². The predicted molar refractivity (Wildman–Crippen MR) is 77.1 cm³/mol. The molecule has 1 fully saturated rings. The van der Waals surface area contributed by atoms with Crippen molar-refractivity contribution in [1.82, 2.24) is 5.32 Å². The number of hydrogen-bond donors (Lipinski definition) is 1. The minimum Gasteiger partial charge on any atom is -0.469 e. The molecule has 1 aliphatic rings. The normalized spacial score (nSPS) is 19.4. The van der Waals surface area contributed by atoms with Crippen molar-refractivity contribution in [2.24, 2.45) is 0 Å². The number of hydrogen-bond acceptors (Lipinski definition) is 3. The topological polar surface area (TPSA) is 38.3 Å². The van der Waals surface area contributed by atoms with Gasteiger partial charge in [-0.1, -0.05) is 60.7 Å². The highest BCUT2D eigenvalue weighted by atomic mass is 16.5. The van der Waals surface area contributed by atoms with E-state index in [0.717, 1.165) is 5.56 Å². The van der Waals surface area contributed by atoms with Crippen molar-refractivity contribution in [3.8, 4) is 0 Å². The number of ketones is 1. The molecule has 0 spiro atoms. The van der Waals surface area contributed by atoms with Gasteiger partial charge in [0.1, 0.15) is 6.10 Å². The van der Waals surface area contributed by atoms with Crippen LogP contribution in [0.5, 0.6) is 0 Å². The van der Waals surface area contributed by atoms with Gasteiger partial charge in [0, 0.05) is 11.6 Å². The van der Waals surface area contributed by atoms with Crippen LogP contribution in [0.1, 0.15) is 22.0 Å². The maximum Gasteiger partial charge on any atom is 0.191 e. The van der Waals surface area contributed by atoms with Gasteiger partial charge in [0.2, 0.25) is 0 Å². The molecule has 0 aromatic heterocycles. The SMILES string of the molecule is O=C(/C=C1\NC[C@H](c2ccccc2)O1)c1ccccc1. The van der Waals surface area contributed by atoms with Gasteiger partial charge in [-0.3, -0.25) is 4.79 Å². The summed E-state index contributed by atoms with van der Waals surface area (Å²) in [7, 11) is 0. The molecule has 1 heterocycles. The molecule has 0 unspecified atom stereocenters. The number of carbonyl (C=O) groups is 1. The summed E-state index contributed by atoms with van der Waals surface area (Å²) in [6.45, 7) is 0.678. The monoisotopic (exact) mass is 265 g/mol. The highest BCUT2D eigenvalue weighted by Crippen LogP contribution is 2.24. The lowest BCUT2D eigenvalue weighted by Crippen LogP contribution is -2.08. The molecule has 1 aliphatic heterocycles. The Balaban J connectivity index is 1.71. The van der Waals surface area contributed by atoms with Gasteiger partial charge in [-0.25, -0.2) is 0 Å². The molecule has 3 nitrogen and oxygen atoms in total. The highest BCUT2D eigenvalue weighted by Gasteiger charge is 2.22. The fourth-order valence-corrected chi connectivity index (χ4v) is 2.17. The summed E-state index contributed by atoms with van der Waals surface area (Å²) in [4.78, 5) is 12.0. The van der Waals surface area contributed by atoms with Crippen LogP contribution in [-0.2, 0) is 4.74 Å². The molecule has 3 rings (SSSR count). The lowest BCUT2D eigenvalue weighted by Gasteiger charge is -2.08. The summed E-state index contributed by atoms with van der Waals surface area (Å²) in [5.74, 6) is 0.481. The summed E-state index contributed by atoms with van der Waals surface area (Å²) in [5, 5.41) is 3.12. The van der Waals surface area contributed by atoms with Crippen LogP contribution >= 0.6 is 0 Å². The Morgan fingerprint density at radius 1 is 1.05 bits per heavy atom. The molecule has 2 aromatic carbocycles. The van der Waals surface area contributed by atoms with E-state index >= 15 is 0 Å². The van der Waals surface area contributed by atoms with E-state index in [4.69, 9.17) is 4.74 Å². The molecule has 1 N–H and O–H groups in total. The quantitative estimate of drug-likeness (QED) is 0.684. The van der Waals surface area contributed by atoms with Crippen molar-refractivity contribution in [3.05, 3.63) is 83.7 Å². The second kappa shape index (κ2) is 5.61. The van der Waals surface area contributed by atoms with E-state index in [1.54, 1.807) is 12.1 Å². The Labute approximate surface area is 117 Å². The largest absolute Gasteiger partial charge is 0.469 e. The first kappa shape index (κ1) is 12.5. The zero-order chi connectivity index (χ0) is 13.8. The average Bonchev–Trinajstić information content (AvgIpc) is 2.97. The van der Waals surface area contributed by atoms with Gasteiger partial charge in [0.25, 0.3) is 0 Å². The van der Waals surface area contributed by atoms with E-state index in [0.29, 0.717) is 18.0 Å². The summed E-state index contributed by atoms with van der Waals surface area (Å²) in [6, 6.07) is 19.2. The van der Waals surface area contributed by atoms with Crippen molar-refractivity contribution >= 4 is 5.78 Å². The van der Waals surface area contributed by atoms with E-state index < -0.39 is 0 Å². The molecule has 3 heteroatoms. The molecule has 0 aliphatic carbocycles. The van der Waals surface area contributed by atoms with Crippen LogP contribution in [-0.4, -0.2) is 12.3 Å². The molecule has 2 aromatic rings. The summed E-state index contributed by atoms with van der Waals surface area (Å²) in [5.41, 5.74) is 1.77. The number of ether oxygens (including phenoxy) is 1. The molecular weight excluding hydrogens is 250 g/mol. The third-order valence-corrected chi connectivity index (χ3v) is 3.22. The smallest absolute Gasteiger partial charge is 0.191 e. The minimum atomic E-state index is -0.0539. The van der Waals surface area contributed by atoms with Crippen molar-refractivity contribution in [2.75, 3.05) is 6.54 Å². The third kappa shape index (κ3) is 2.72. The number of allylic oxidation sites excluding steroid dienone is 1. The van der Waals surface area contributed by atoms with E-state index in [2.05, 4.69) is 5.32 Å². The molecule has 0 bridgehead atoms. The van der Waals surface area contributed by atoms with Gasteiger partial charge in [-0.05, 0) is 5.56 Å². The minimum absolute atomic E-state index is 0.0361. The van der Waals surface area contributed by atoms with Crippen LogP contribution in [0.4, 0.5) is 0 Å². The fourth-order valence-electron chi connectivity index (χ4n) is 2.17. The highest BCUT2D eigenvalue weighted by molar-refractivity contribution is 6.04. The molecule has 100 valence electrons. The number of rotatable bonds is 3. The molecule has 1 atom stereocenters. The standard InChI is InChI=1S/C17H15NO2/c19-15(13-7-3-1-4-8-13)11-17-18-12-16(20-17)14-9-5-2-6-10-14/h1-11,16,18H,12H2/b17-11+/t16-/m1/s1. The van der Waals surface area contributed by atoms with Crippen molar-refractivity contribution in [3.63, 3.8) is 0 Å². The molecule has 1 saturated heterocycles. The van der Waals surface area contributed by atoms with Crippen molar-refractivity contribution < 1.29 is 9.53 Å². The van der Waals surface area contributed by atoms with Gasteiger partial charge in [0.05, 0.1) is 6.54 Å². The van der Waals surface area contributed by atoms with Crippen LogP contribution in [0.25, 0.3) is 0 Å². The maximum atomic E-state index is 12.0. The summed E-state index contributed by atoms with van der Waals surface area (Å²) >= 11 is 0. The zero-order valence-electron chi connectivity index (χ0n) is 11.0. The Bertz CT molecular complexity index is 620. The van der Waals surface area contributed by atoms with Crippen LogP contribution < -0.4 is 5.32 Å². The second-order valence-electron chi connectivity index (χ2n) is 4.64. The second-order valence-corrected chi connectivity index (χ2v) is 4.64. The van der Waals surface area contributed by atoms with Gasteiger partial charge in [-0.15, -0.1) is 0 Å². The first-order valence-corrected chi connectivity index (χ1v) is 6.59. The van der Waals surface area contributed by atoms with Crippen LogP contribution in [0.2, 0.25) is 0 Å². The van der Waals surface area contributed by atoms with Gasteiger partial charge in [0.15, 0.2) is 11.7 Å². The fraction of sp³-hybridized carbons (Fsp3) is 0.118. The Morgan fingerprint density at radius 3 is 2.40 bits per heavy atom. The van der Waals surface area contributed by atoms with Gasteiger partial charge in [-0.2, -0.15) is 0 Å². The zero-order valence-corrected chi connectivity index (χ0v) is 11.0. The number of nitrogens with one attached hydrogen (secondary N) is 1. The van der Waals surface area contributed by atoms with Crippen LogP contribution in [0, 0.1) is 0 Å². The van der Waals surface area contributed by atoms with Crippen molar-refractivity contribution in [1.29, 1.82) is 0 Å². The first-order valence-electron chi connectivity index (χ1n) is 6.59. The van der Waals surface area contributed by atoms with Gasteiger partial charge >= 0.3 is 0 Å². The molecule has 20 heavy (non-hydrogen) atoms. The van der Waals surface area contributed by atoms with Gasteiger partial charge < -0.3 is 10.1 Å². The Kier molecular flexibility index (Phi) is 3.50. The lowest BCUT2D eigenvalue weighted by atomic mass is 10.1. The van der Waals surface area contributed by atoms with E-state index in [9.17, 15) is 4.79 Å².